The minimum absolute atomic E-state index is 0.0569. The average molecular weight is 388 g/mol. The van der Waals surface area contributed by atoms with Gasteiger partial charge in [-0.1, -0.05) is 30.7 Å². The molecule has 0 radical (unpaired) electrons. The fourth-order valence-electron chi connectivity index (χ4n) is 8.12. The Morgan fingerprint density at radius 2 is 2.04 bits per heavy atom. The van der Waals surface area contributed by atoms with Crippen LogP contribution < -0.4 is 0 Å². The topological polar surface area (TPSA) is 71.4 Å². The van der Waals surface area contributed by atoms with E-state index >= 15 is 0 Å². The first kappa shape index (κ1) is 18.7. The fourth-order valence-corrected chi connectivity index (χ4v) is 8.12. The van der Waals surface area contributed by atoms with E-state index in [-0.39, 0.29) is 34.6 Å². The van der Waals surface area contributed by atoms with Gasteiger partial charge in [-0.2, -0.15) is 0 Å². The van der Waals surface area contributed by atoms with Gasteiger partial charge in [0.15, 0.2) is 0 Å². The molecule has 0 amide bonds. The SMILES string of the molecule is CC(=O)O[C@H]1CC[C@@]2(C)C(=CC[C@@H]3[C@@H]2CC[C@@]2(C)[C@H]3C[C@H]3O[C@]32C(C)=NO)C1. The Hall–Kier alpha value is -1.36. The highest BCUT2D eigenvalue weighted by molar-refractivity contribution is 5.94. The van der Waals surface area contributed by atoms with Crippen LogP contribution in [0.3, 0.4) is 0 Å². The third kappa shape index (κ3) is 2.17. The first-order chi connectivity index (χ1) is 13.3. The number of allylic oxidation sites excluding steroid dienone is 1. The van der Waals surface area contributed by atoms with Crippen molar-refractivity contribution in [1.29, 1.82) is 0 Å². The number of epoxide rings is 1. The Morgan fingerprint density at radius 3 is 2.75 bits per heavy atom. The molecule has 154 valence electrons. The molecule has 5 rings (SSSR count). The van der Waals surface area contributed by atoms with Gasteiger partial charge < -0.3 is 14.7 Å². The lowest BCUT2D eigenvalue weighted by Crippen LogP contribution is -2.54. The molecule has 1 aliphatic heterocycles. The van der Waals surface area contributed by atoms with E-state index in [2.05, 4.69) is 25.1 Å². The smallest absolute Gasteiger partial charge is 0.302 e. The summed E-state index contributed by atoms with van der Waals surface area (Å²) >= 11 is 0. The average Bonchev–Trinajstić information content (AvgIpc) is 3.33. The van der Waals surface area contributed by atoms with Gasteiger partial charge in [-0.15, -0.1) is 0 Å². The molecule has 0 aromatic heterocycles. The van der Waals surface area contributed by atoms with Crippen molar-refractivity contribution in [2.75, 3.05) is 0 Å². The Bertz CT molecular complexity index is 775. The van der Waals surface area contributed by atoms with E-state index in [1.807, 2.05) is 6.92 Å². The summed E-state index contributed by atoms with van der Waals surface area (Å²) < 4.78 is 11.7. The monoisotopic (exact) mass is 387 g/mol. The second-order valence-electron chi connectivity index (χ2n) is 10.5. The summed E-state index contributed by atoms with van der Waals surface area (Å²) in [4.78, 5) is 11.4. The molecule has 1 N–H and O–H groups in total. The van der Waals surface area contributed by atoms with Crippen LogP contribution in [0.1, 0.15) is 72.6 Å². The van der Waals surface area contributed by atoms with Crippen molar-refractivity contribution in [2.45, 2.75) is 90.4 Å². The van der Waals surface area contributed by atoms with Gasteiger partial charge in [0, 0.05) is 18.8 Å². The molecule has 1 saturated heterocycles. The summed E-state index contributed by atoms with van der Waals surface area (Å²) in [6, 6.07) is 0. The van der Waals surface area contributed by atoms with Gasteiger partial charge >= 0.3 is 5.97 Å². The van der Waals surface area contributed by atoms with E-state index in [1.165, 1.54) is 18.9 Å². The van der Waals surface area contributed by atoms with Gasteiger partial charge in [0.1, 0.15) is 11.7 Å². The molecule has 5 aliphatic rings. The zero-order chi connectivity index (χ0) is 19.9. The van der Waals surface area contributed by atoms with Crippen LogP contribution in [-0.4, -0.2) is 34.7 Å². The summed E-state index contributed by atoms with van der Waals surface area (Å²) in [5.41, 5.74) is 2.28. The largest absolute Gasteiger partial charge is 0.462 e. The molecule has 5 heteroatoms. The van der Waals surface area contributed by atoms with Crippen molar-refractivity contribution in [1.82, 2.24) is 0 Å². The number of oxime groups is 1. The summed E-state index contributed by atoms with van der Waals surface area (Å²) in [5, 5.41) is 13.0. The van der Waals surface area contributed by atoms with Crippen molar-refractivity contribution < 1.29 is 19.5 Å². The second kappa shape index (κ2) is 5.84. The van der Waals surface area contributed by atoms with E-state index in [0.717, 1.165) is 44.2 Å². The van der Waals surface area contributed by atoms with Crippen LogP contribution in [0.5, 0.6) is 0 Å². The van der Waals surface area contributed by atoms with Gasteiger partial charge in [-0.3, -0.25) is 4.79 Å². The summed E-state index contributed by atoms with van der Waals surface area (Å²) in [6.45, 7) is 8.29. The Labute approximate surface area is 167 Å². The zero-order valence-corrected chi connectivity index (χ0v) is 17.5. The van der Waals surface area contributed by atoms with Crippen molar-refractivity contribution in [3.8, 4) is 0 Å². The minimum Gasteiger partial charge on any atom is -0.462 e. The molecule has 0 aromatic carbocycles. The molecule has 4 aliphatic carbocycles. The lowest BCUT2D eigenvalue weighted by molar-refractivity contribution is -0.148. The van der Waals surface area contributed by atoms with Gasteiger partial charge in [0.25, 0.3) is 0 Å². The number of fused-ring (bicyclic) bond motifs is 7. The lowest BCUT2D eigenvalue weighted by Gasteiger charge is -2.58. The molecule has 28 heavy (non-hydrogen) atoms. The summed E-state index contributed by atoms with van der Waals surface area (Å²) in [7, 11) is 0. The molecule has 1 heterocycles. The first-order valence-electron chi connectivity index (χ1n) is 11.0. The number of esters is 1. The molecule has 3 saturated carbocycles. The third-order valence-corrected chi connectivity index (χ3v) is 9.51. The number of rotatable bonds is 2. The Morgan fingerprint density at radius 1 is 1.25 bits per heavy atom. The molecular weight excluding hydrogens is 354 g/mol. The first-order valence-corrected chi connectivity index (χ1v) is 11.0. The zero-order valence-electron chi connectivity index (χ0n) is 17.5. The van der Waals surface area contributed by atoms with Gasteiger partial charge in [-0.25, -0.2) is 0 Å². The summed E-state index contributed by atoms with van der Waals surface area (Å²) in [5.74, 6) is 1.84. The number of carbonyl (C=O) groups is 1. The molecule has 0 aromatic rings. The van der Waals surface area contributed by atoms with Crippen molar-refractivity contribution >= 4 is 11.7 Å². The van der Waals surface area contributed by atoms with E-state index in [9.17, 15) is 10.0 Å². The number of carbonyl (C=O) groups excluding carboxylic acids is 1. The Balaban J connectivity index is 1.43. The highest BCUT2D eigenvalue weighted by atomic mass is 16.6. The fraction of sp³-hybridized carbons (Fsp3) is 0.826. The number of hydrogen-bond acceptors (Lipinski definition) is 5. The summed E-state index contributed by atoms with van der Waals surface area (Å²) in [6.07, 6.45) is 10.3. The van der Waals surface area contributed by atoms with Crippen LogP contribution in [0.25, 0.3) is 0 Å². The molecule has 5 nitrogen and oxygen atoms in total. The van der Waals surface area contributed by atoms with Crippen molar-refractivity contribution in [3.63, 3.8) is 0 Å². The molecule has 0 unspecified atom stereocenters. The lowest BCUT2D eigenvalue weighted by atomic mass is 9.47. The highest BCUT2D eigenvalue weighted by Crippen LogP contribution is 2.73. The molecular formula is C23H33NO4. The van der Waals surface area contributed by atoms with Crippen molar-refractivity contribution in [2.24, 2.45) is 33.7 Å². The molecule has 8 atom stereocenters. The maximum atomic E-state index is 11.4. The van der Waals surface area contributed by atoms with E-state index in [0.29, 0.717) is 17.8 Å². The maximum Gasteiger partial charge on any atom is 0.302 e. The van der Waals surface area contributed by atoms with Crippen LogP contribution in [-0.2, 0) is 14.3 Å². The van der Waals surface area contributed by atoms with Crippen LogP contribution >= 0.6 is 0 Å². The number of nitrogens with zero attached hydrogens (tertiary/aromatic N) is 1. The number of ether oxygens (including phenoxy) is 2. The normalized spacial score (nSPS) is 51.9. The van der Waals surface area contributed by atoms with Crippen LogP contribution in [0.15, 0.2) is 16.8 Å². The molecule has 4 fully saturated rings. The van der Waals surface area contributed by atoms with Crippen LogP contribution in [0, 0.1) is 28.6 Å². The minimum atomic E-state index is -0.324. The van der Waals surface area contributed by atoms with Gasteiger partial charge in [0.05, 0.1) is 11.8 Å². The maximum absolute atomic E-state index is 11.4. The standard InChI is InChI=1S/C23H33NO4/c1-13(24-26)23-20(28-23)12-19-17-6-5-15-11-16(27-14(2)25)7-9-21(15,3)18(17)8-10-22(19,23)4/h5,16-20,26H,6-12H2,1-4H3/t16-,17+,18-,19-,20+,21-,22-,23+/m0/s1. The number of hydrogen-bond donors (Lipinski definition) is 1. The van der Waals surface area contributed by atoms with Crippen molar-refractivity contribution in [3.05, 3.63) is 11.6 Å². The quantitative estimate of drug-likeness (QED) is 0.189. The third-order valence-electron chi connectivity index (χ3n) is 9.51. The molecule has 0 bridgehead atoms. The molecule has 0 spiro atoms. The van der Waals surface area contributed by atoms with E-state index in [4.69, 9.17) is 9.47 Å². The predicted octanol–water partition coefficient (Wildman–Crippen LogP) is 4.48. The highest BCUT2D eigenvalue weighted by Gasteiger charge is 2.78. The van der Waals surface area contributed by atoms with E-state index in [1.54, 1.807) is 0 Å². The van der Waals surface area contributed by atoms with Gasteiger partial charge in [-0.05, 0) is 68.6 Å². The predicted molar refractivity (Wildman–Crippen MR) is 105 cm³/mol. The van der Waals surface area contributed by atoms with E-state index < -0.39 is 0 Å². The van der Waals surface area contributed by atoms with Crippen LogP contribution in [0.4, 0.5) is 0 Å². The van der Waals surface area contributed by atoms with Gasteiger partial charge in [0.2, 0.25) is 0 Å². The Kier molecular flexibility index (Phi) is 3.89. The van der Waals surface area contributed by atoms with Crippen LogP contribution in [0.2, 0.25) is 0 Å². The second-order valence-corrected chi connectivity index (χ2v) is 10.5.